The van der Waals surface area contributed by atoms with Crippen LogP contribution in [0, 0.1) is 0 Å². The summed E-state index contributed by atoms with van der Waals surface area (Å²) in [4.78, 5) is 18.1. The minimum absolute atomic E-state index is 0.286. The van der Waals surface area contributed by atoms with Crippen molar-refractivity contribution < 1.29 is 9.21 Å². The van der Waals surface area contributed by atoms with Crippen molar-refractivity contribution in [2.45, 2.75) is 0 Å². The zero-order valence-electron chi connectivity index (χ0n) is 12.4. The molecule has 3 aromatic heterocycles. The number of hydrogen-bond acceptors (Lipinski definition) is 5. The Bertz CT molecular complexity index is 956. The Morgan fingerprint density at radius 1 is 1.04 bits per heavy atom. The summed E-state index contributed by atoms with van der Waals surface area (Å²) in [7, 11) is 0. The number of benzene rings is 1. The Morgan fingerprint density at radius 3 is 2.71 bits per heavy atom. The van der Waals surface area contributed by atoms with Crippen LogP contribution in [0.1, 0.15) is 10.6 Å². The summed E-state index contributed by atoms with van der Waals surface area (Å²) in [6.07, 6.45) is 1.52. The molecule has 0 aliphatic rings. The Morgan fingerprint density at radius 2 is 1.92 bits per heavy atom. The third kappa shape index (κ3) is 2.89. The van der Waals surface area contributed by atoms with E-state index in [0.29, 0.717) is 5.13 Å². The summed E-state index contributed by atoms with van der Waals surface area (Å²) in [6, 6.07) is 15.5. The Balaban J connectivity index is 1.57. The van der Waals surface area contributed by atoms with Gasteiger partial charge in [0, 0.05) is 10.9 Å². The number of nitrogens with zero attached hydrogens (tertiary/aromatic N) is 1. The number of thiazole rings is 1. The minimum Gasteiger partial charge on any atom is -0.459 e. The fourth-order valence-corrected chi connectivity index (χ4v) is 3.82. The second-order valence-electron chi connectivity index (χ2n) is 5.00. The zero-order chi connectivity index (χ0) is 16.4. The van der Waals surface area contributed by atoms with Crippen LogP contribution in [0.5, 0.6) is 0 Å². The largest absolute Gasteiger partial charge is 0.459 e. The summed E-state index contributed by atoms with van der Waals surface area (Å²) in [6.45, 7) is 0. The molecule has 1 aromatic carbocycles. The van der Waals surface area contributed by atoms with Gasteiger partial charge in [-0.05, 0) is 23.1 Å². The van der Waals surface area contributed by atoms with E-state index in [4.69, 9.17) is 4.42 Å². The maximum Gasteiger partial charge on any atom is 0.293 e. The molecule has 0 saturated heterocycles. The van der Waals surface area contributed by atoms with Crippen LogP contribution in [0.15, 0.2) is 70.0 Å². The van der Waals surface area contributed by atoms with Gasteiger partial charge in [-0.3, -0.25) is 10.1 Å². The van der Waals surface area contributed by atoms with E-state index in [1.807, 2.05) is 53.2 Å². The number of amides is 1. The van der Waals surface area contributed by atoms with Gasteiger partial charge in [-0.1, -0.05) is 36.4 Å². The van der Waals surface area contributed by atoms with E-state index >= 15 is 0 Å². The number of hydrogen-bond donors (Lipinski definition) is 1. The van der Waals surface area contributed by atoms with Gasteiger partial charge in [-0.15, -0.1) is 22.7 Å². The predicted molar refractivity (Wildman–Crippen MR) is 97.5 cm³/mol. The summed E-state index contributed by atoms with van der Waals surface area (Å²) in [5, 5.41) is 7.30. The fraction of sp³-hybridized carbons (Fsp3) is 0. The number of carbonyl (C=O) groups is 1. The first-order chi connectivity index (χ1) is 11.8. The smallest absolute Gasteiger partial charge is 0.293 e. The van der Waals surface area contributed by atoms with E-state index in [1.165, 1.54) is 17.6 Å². The molecule has 4 nitrogen and oxygen atoms in total. The van der Waals surface area contributed by atoms with Gasteiger partial charge in [-0.2, -0.15) is 0 Å². The lowest BCUT2D eigenvalue weighted by molar-refractivity contribution is 0.0997. The summed E-state index contributed by atoms with van der Waals surface area (Å²) < 4.78 is 5.40. The Kier molecular flexibility index (Phi) is 3.98. The van der Waals surface area contributed by atoms with Crippen molar-refractivity contribution in [1.82, 2.24) is 4.98 Å². The van der Waals surface area contributed by atoms with Crippen molar-refractivity contribution >= 4 is 33.7 Å². The fourth-order valence-electron chi connectivity index (χ4n) is 2.35. The van der Waals surface area contributed by atoms with Crippen molar-refractivity contribution in [1.29, 1.82) is 0 Å². The van der Waals surface area contributed by atoms with Gasteiger partial charge in [0.15, 0.2) is 10.9 Å². The van der Waals surface area contributed by atoms with Crippen molar-refractivity contribution in [3.8, 4) is 21.7 Å². The third-order valence-electron chi connectivity index (χ3n) is 3.45. The number of aromatic nitrogens is 1. The summed E-state index contributed by atoms with van der Waals surface area (Å²) in [5.74, 6) is -0.0139. The van der Waals surface area contributed by atoms with E-state index < -0.39 is 0 Å². The van der Waals surface area contributed by atoms with Crippen molar-refractivity contribution in [3.05, 3.63) is 71.3 Å². The van der Waals surface area contributed by atoms with Gasteiger partial charge >= 0.3 is 0 Å². The average Bonchev–Trinajstić information content (AvgIpc) is 3.36. The molecule has 118 valence electrons. The molecular weight excluding hydrogens is 340 g/mol. The quantitative estimate of drug-likeness (QED) is 0.536. The normalized spacial score (nSPS) is 10.7. The first-order valence-corrected chi connectivity index (χ1v) is 9.01. The van der Waals surface area contributed by atoms with E-state index in [1.54, 1.807) is 17.4 Å². The molecule has 3 heterocycles. The van der Waals surface area contributed by atoms with Crippen LogP contribution in [0.25, 0.3) is 21.7 Å². The molecule has 1 amide bonds. The van der Waals surface area contributed by atoms with Crippen LogP contribution in [-0.4, -0.2) is 10.9 Å². The highest BCUT2D eigenvalue weighted by molar-refractivity contribution is 7.16. The molecule has 24 heavy (non-hydrogen) atoms. The minimum atomic E-state index is -0.300. The van der Waals surface area contributed by atoms with Crippen LogP contribution in [0.2, 0.25) is 0 Å². The molecule has 0 saturated carbocycles. The Labute approximate surface area is 146 Å². The number of carbonyl (C=O) groups excluding carboxylic acids is 1. The average molecular weight is 352 g/mol. The molecule has 4 aromatic rings. The van der Waals surface area contributed by atoms with Gasteiger partial charge < -0.3 is 4.42 Å². The van der Waals surface area contributed by atoms with Crippen molar-refractivity contribution in [2.24, 2.45) is 0 Å². The van der Waals surface area contributed by atoms with E-state index in [9.17, 15) is 4.79 Å². The Hall–Kier alpha value is -2.70. The van der Waals surface area contributed by atoms with E-state index in [-0.39, 0.29) is 11.7 Å². The molecule has 0 aliphatic heterocycles. The van der Waals surface area contributed by atoms with E-state index in [2.05, 4.69) is 10.3 Å². The molecule has 0 unspecified atom stereocenters. The third-order valence-corrected chi connectivity index (χ3v) is 5.10. The second kappa shape index (κ2) is 6.43. The topological polar surface area (TPSA) is 55.1 Å². The highest BCUT2D eigenvalue weighted by atomic mass is 32.1. The first-order valence-electron chi connectivity index (χ1n) is 7.25. The number of anilines is 1. The maximum absolute atomic E-state index is 12.5. The monoisotopic (exact) mass is 352 g/mol. The molecule has 0 spiro atoms. The second-order valence-corrected chi connectivity index (χ2v) is 6.80. The van der Waals surface area contributed by atoms with Crippen LogP contribution < -0.4 is 5.32 Å². The lowest BCUT2D eigenvalue weighted by Crippen LogP contribution is -2.11. The van der Waals surface area contributed by atoms with Crippen molar-refractivity contribution in [3.63, 3.8) is 0 Å². The lowest BCUT2D eigenvalue weighted by Gasteiger charge is -2.02. The highest BCUT2D eigenvalue weighted by Crippen LogP contribution is 2.29. The molecule has 0 radical (unpaired) electrons. The summed E-state index contributed by atoms with van der Waals surface area (Å²) in [5.41, 5.74) is 2.57. The molecular formula is C18H12N2O2S2. The van der Waals surface area contributed by atoms with Gasteiger partial charge in [0.2, 0.25) is 0 Å². The van der Waals surface area contributed by atoms with Crippen molar-refractivity contribution in [2.75, 3.05) is 5.32 Å². The number of thiophene rings is 1. The molecule has 0 aliphatic carbocycles. The predicted octanol–water partition coefficient (Wildman–Crippen LogP) is 5.38. The highest BCUT2D eigenvalue weighted by Gasteiger charge is 2.18. The van der Waals surface area contributed by atoms with Crippen LogP contribution in [-0.2, 0) is 0 Å². The lowest BCUT2D eigenvalue weighted by atomic mass is 10.1. The molecule has 1 N–H and O–H groups in total. The number of furan rings is 1. The maximum atomic E-state index is 12.5. The molecule has 6 heteroatoms. The van der Waals surface area contributed by atoms with Gasteiger partial charge in [-0.25, -0.2) is 4.98 Å². The summed E-state index contributed by atoms with van der Waals surface area (Å²) >= 11 is 3.02. The number of rotatable bonds is 4. The molecule has 0 bridgehead atoms. The SMILES string of the molecule is O=C(Nc1nc(-c2cccs2)cs1)c1occc1-c1ccccc1. The molecule has 0 atom stereocenters. The van der Waals surface area contributed by atoms with Gasteiger partial charge in [0.05, 0.1) is 16.8 Å². The zero-order valence-corrected chi connectivity index (χ0v) is 14.1. The standard InChI is InChI=1S/C18H12N2O2S2/c21-17(16-13(8-9-22-16)12-5-2-1-3-6-12)20-18-19-14(11-24-18)15-7-4-10-23-15/h1-11H,(H,19,20,21). The molecule has 4 rings (SSSR count). The van der Waals surface area contributed by atoms with Crippen LogP contribution in [0.3, 0.4) is 0 Å². The van der Waals surface area contributed by atoms with Gasteiger partial charge in [0.1, 0.15) is 0 Å². The van der Waals surface area contributed by atoms with Crippen LogP contribution in [0.4, 0.5) is 5.13 Å². The first kappa shape index (κ1) is 14.9. The van der Waals surface area contributed by atoms with Crippen LogP contribution >= 0.6 is 22.7 Å². The number of nitrogens with one attached hydrogen (secondary N) is 1. The van der Waals surface area contributed by atoms with Gasteiger partial charge in [0.25, 0.3) is 5.91 Å². The van der Waals surface area contributed by atoms with E-state index in [0.717, 1.165) is 21.7 Å². The molecule has 0 fully saturated rings.